The lowest BCUT2D eigenvalue weighted by Crippen LogP contribution is -2.52. The molecular weight excluding hydrogens is 254 g/mol. The summed E-state index contributed by atoms with van der Waals surface area (Å²) in [5.74, 6) is 0.00554. The Morgan fingerprint density at radius 2 is 1.95 bits per heavy atom. The van der Waals surface area contributed by atoms with E-state index in [-0.39, 0.29) is 6.04 Å². The van der Waals surface area contributed by atoms with Gasteiger partial charge in [0.05, 0.1) is 6.61 Å². The molecule has 1 rings (SSSR count). The summed E-state index contributed by atoms with van der Waals surface area (Å²) in [6.07, 6.45) is 1.22. The third kappa shape index (κ3) is 5.21. The van der Waals surface area contributed by atoms with Crippen LogP contribution in [0.1, 0.15) is 39.2 Å². The monoisotopic (exact) mass is 279 g/mol. The normalized spacial score (nSPS) is 14.1. The van der Waals surface area contributed by atoms with E-state index >= 15 is 0 Å². The van der Waals surface area contributed by atoms with Crippen LogP contribution in [0.25, 0.3) is 0 Å². The molecule has 0 bridgehead atoms. The predicted octanol–water partition coefficient (Wildman–Crippen LogP) is 3.00. The van der Waals surface area contributed by atoms with Crippen LogP contribution in [0.4, 0.5) is 0 Å². The second-order valence-corrected chi connectivity index (χ2v) is 5.70. The molecule has 0 aromatic heterocycles. The van der Waals surface area contributed by atoms with Crippen molar-refractivity contribution in [3.05, 3.63) is 29.8 Å². The minimum atomic E-state index is -0.898. The summed E-state index contributed by atoms with van der Waals surface area (Å²) in [7, 11) is 0. The zero-order chi connectivity index (χ0) is 15.2. The molecule has 0 aliphatic rings. The number of aliphatic carboxylic acids is 1. The number of rotatable bonds is 8. The Bertz CT molecular complexity index is 428. The number of aryl methyl sites for hydroxylation is 1. The van der Waals surface area contributed by atoms with Crippen LogP contribution in [-0.2, 0) is 4.79 Å². The topological polar surface area (TPSA) is 58.6 Å². The second-order valence-electron chi connectivity index (χ2n) is 5.70. The molecule has 4 nitrogen and oxygen atoms in total. The van der Waals surface area contributed by atoms with E-state index in [0.717, 1.165) is 5.75 Å². The minimum absolute atomic E-state index is 0.133. The molecule has 0 saturated carbocycles. The van der Waals surface area contributed by atoms with Crippen LogP contribution in [0.3, 0.4) is 0 Å². The van der Waals surface area contributed by atoms with Crippen molar-refractivity contribution in [2.24, 2.45) is 0 Å². The molecule has 0 aliphatic heterocycles. The maximum absolute atomic E-state index is 11.4. The summed E-state index contributed by atoms with van der Waals surface area (Å²) in [6, 6.07) is 7.98. The lowest BCUT2D eigenvalue weighted by Gasteiger charge is -2.28. The molecule has 112 valence electrons. The fourth-order valence-corrected chi connectivity index (χ4v) is 2.13. The van der Waals surface area contributed by atoms with Crippen molar-refractivity contribution >= 4 is 5.97 Å². The lowest BCUT2D eigenvalue weighted by atomic mass is 9.95. The fraction of sp³-hybridized carbons (Fsp3) is 0.562. The SMILES string of the molecule is Cc1ccc(OCCCC(C)(NC(C)C)C(=O)O)cc1. The van der Waals surface area contributed by atoms with Crippen molar-refractivity contribution < 1.29 is 14.6 Å². The average Bonchev–Trinajstić information content (AvgIpc) is 2.36. The van der Waals surface area contributed by atoms with E-state index in [0.29, 0.717) is 19.4 Å². The van der Waals surface area contributed by atoms with E-state index in [1.165, 1.54) is 5.56 Å². The van der Waals surface area contributed by atoms with E-state index in [9.17, 15) is 9.90 Å². The number of hydrogen-bond donors (Lipinski definition) is 2. The number of nitrogens with one attached hydrogen (secondary N) is 1. The number of carboxylic acids is 1. The molecule has 4 heteroatoms. The molecule has 0 saturated heterocycles. The smallest absolute Gasteiger partial charge is 0.323 e. The number of benzene rings is 1. The Balaban J connectivity index is 2.41. The maximum Gasteiger partial charge on any atom is 0.323 e. The van der Waals surface area contributed by atoms with Crippen molar-refractivity contribution in [1.29, 1.82) is 0 Å². The zero-order valence-corrected chi connectivity index (χ0v) is 12.8. The first kappa shape index (κ1) is 16.5. The van der Waals surface area contributed by atoms with Crippen molar-refractivity contribution in [3.63, 3.8) is 0 Å². The largest absolute Gasteiger partial charge is 0.494 e. The molecule has 0 radical (unpaired) electrons. The molecule has 0 fully saturated rings. The Morgan fingerprint density at radius 1 is 1.35 bits per heavy atom. The van der Waals surface area contributed by atoms with Crippen molar-refractivity contribution in [3.8, 4) is 5.75 Å². The zero-order valence-electron chi connectivity index (χ0n) is 12.8. The van der Waals surface area contributed by atoms with Crippen LogP contribution >= 0.6 is 0 Å². The summed E-state index contributed by atoms with van der Waals surface area (Å²) in [5.41, 5.74) is 0.294. The molecule has 2 N–H and O–H groups in total. The van der Waals surface area contributed by atoms with Gasteiger partial charge in [-0.2, -0.15) is 0 Å². The summed E-state index contributed by atoms with van der Waals surface area (Å²) in [5, 5.41) is 12.4. The number of ether oxygens (including phenoxy) is 1. The molecular formula is C16H25NO3. The van der Waals surface area contributed by atoms with E-state index in [2.05, 4.69) is 5.32 Å². The highest BCUT2D eigenvalue weighted by molar-refractivity contribution is 5.78. The van der Waals surface area contributed by atoms with E-state index in [1.807, 2.05) is 45.0 Å². The highest BCUT2D eigenvalue weighted by Gasteiger charge is 2.32. The Labute approximate surface area is 121 Å². The van der Waals surface area contributed by atoms with Gasteiger partial charge in [-0.15, -0.1) is 0 Å². The van der Waals surface area contributed by atoms with Crippen molar-refractivity contribution in [1.82, 2.24) is 5.32 Å². The van der Waals surface area contributed by atoms with Gasteiger partial charge in [-0.05, 0) is 52.7 Å². The van der Waals surface area contributed by atoms with E-state index in [1.54, 1.807) is 6.92 Å². The highest BCUT2D eigenvalue weighted by atomic mass is 16.5. The fourth-order valence-electron chi connectivity index (χ4n) is 2.13. The molecule has 0 amide bonds. The van der Waals surface area contributed by atoms with Crippen molar-refractivity contribution in [2.75, 3.05) is 6.61 Å². The third-order valence-corrected chi connectivity index (χ3v) is 3.19. The third-order valence-electron chi connectivity index (χ3n) is 3.19. The maximum atomic E-state index is 11.4. The Kier molecular flexibility index (Phi) is 6.02. The first-order valence-corrected chi connectivity index (χ1v) is 7.04. The Morgan fingerprint density at radius 3 is 2.45 bits per heavy atom. The summed E-state index contributed by atoms with van der Waals surface area (Å²) >= 11 is 0. The molecule has 1 atom stereocenters. The van der Waals surface area contributed by atoms with Gasteiger partial charge in [0.2, 0.25) is 0 Å². The quantitative estimate of drug-likeness (QED) is 0.718. The van der Waals surface area contributed by atoms with Crippen LogP contribution in [-0.4, -0.2) is 29.3 Å². The minimum Gasteiger partial charge on any atom is -0.494 e. The molecule has 20 heavy (non-hydrogen) atoms. The second kappa shape index (κ2) is 7.29. The van der Waals surface area contributed by atoms with Crippen LogP contribution in [0.5, 0.6) is 5.75 Å². The summed E-state index contributed by atoms with van der Waals surface area (Å²) in [4.78, 5) is 11.4. The van der Waals surface area contributed by atoms with Gasteiger partial charge in [0.15, 0.2) is 0 Å². The van der Waals surface area contributed by atoms with E-state index in [4.69, 9.17) is 4.74 Å². The van der Waals surface area contributed by atoms with Gasteiger partial charge < -0.3 is 9.84 Å². The van der Waals surface area contributed by atoms with Gasteiger partial charge in [-0.1, -0.05) is 17.7 Å². The van der Waals surface area contributed by atoms with Crippen LogP contribution in [0.15, 0.2) is 24.3 Å². The van der Waals surface area contributed by atoms with Gasteiger partial charge in [0.1, 0.15) is 11.3 Å². The standard InChI is InChI=1S/C16H25NO3/c1-12(2)17-16(4,15(18)19)10-5-11-20-14-8-6-13(3)7-9-14/h6-9,12,17H,5,10-11H2,1-4H3,(H,18,19). The number of carboxylic acid groups (broad SMARTS) is 1. The number of carbonyl (C=O) groups is 1. The van der Waals surface area contributed by atoms with Gasteiger partial charge in [0.25, 0.3) is 0 Å². The molecule has 1 unspecified atom stereocenters. The van der Waals surface area contributed by atoms with Crippen LogP contribution < -0.4 is 10.1 Å². The summed E-state index contributed by atoms with van der Waals surface area (Å²) in [6.45, 7) is 8.17. The summed E-state index contributed by atoms with van der Waals surface area (Å²) < 4.78 is 5.62. The lowest BCUT2D eigenvalue weighted by molar-refractivity contribution is -0.144. The molecule has 0 aliphatic carbocycles. The predicted molar refractivity (Wildman–Crippen MR) is 80.2 cm³/mol. The molecule has 0 heterocycles. The van der Waals surface area contributed by atoms with Gasteiger partial charge >= 0.3 is 5.97 Å². The molecule has 0 spiro atoms. The van der Waals surface area contributed by atoms with Gasteiger partial charge in [-0.25, -0.2) is 0 Å². The van der Waals surface area contributed by atoms with Crippen molar-refractivity contribution in [2.45, 2.75) is 52.1 Å². The molecule has 1 aromatic rings. The van der Waals surface area contributed by atoms with Gasteiger partial charge in [-0.3, -0.25) is 10.1 Å². The average molecular weight is 279 g/mol. The first-order chi connectivity index (χ1) is 9.33. The van der Waals surface area contributed by atoms with Gasteiger partial charge in [0, 0.05) is 6.04 Å². The Hall–Kier alpha value is -1.55. The first-order valence-electron chi connectivity index (χ1n) is 7.04. The number of hydrogen-bond acceptors (Lipinski definition) is 3. The van der Waals surface area contributed by atoms with Crippen LogP contribution in [0, 0.1) is 6.92 Å². The highest BCUT2D eigenvalue weighted by Crippen LogP contribution is 2.16. The molecule has 1 aromatic carbocycles. The van der Waals surface area contributed by atoms with E-state index < -0.39 is 11.5 Å². The van der Waals surface area contributed by atoms with Crippen LogP contribution in [0.2, 0.25) is 0 Å².